The van der Waals surface area contributed by atoms with Gasteiger partial charge in [-0.2, -0.15) is 15.2 Å². The van der Waals surface area contributed by atoms with Gasteiger partial charge in [0.2, 0.25) is 5.95 Å². The molecule has 10 nitrogen and oxygen atoms in total. The average molecular weight is 257 g/mol. The van der Waals surface area contributed by atoms with E-state index >= 15 is 0 Å². The summed E-state index contributed by atoms with van der Waals surface area (Å²) in [5.74, 6) is 0.273. The predicted molar refractivity (Wildman–Crippen MR) is 61.3 cm³/mol. The molecule has 94 valence electrons. The minimum absolute atomic E-state index is 0.153. The zero-order valence-electron chi connectivity index (χ0n) is 9.43. The summed E-state index contributed by atoms with van der Waals surface area (Å²) in [5.41, 5.74) is 0.153. The quantitative estimate of drug-likeness (QED) is 0.642. The lowest BCUT2D eigenvalue weighted by Gasteiger charge is -2.01. The summed E-state index contributed by atoms with van der Waals surface area (Å²) in [7, 11) is 0. The number of aromatic nitrogens is 8. The molecule has 0 fully saturated rings. The maximum absolute atomic E-state index is 11.8. The molecule has 0 spiro atoms. The SMILES string of the molecule is O=C(Nc1ncn[nH]1)c1ccc(-n2cncn2)nn1. The van der Waals surface area contributed by atoms with Gasteiger partial charge in [0, 0.05) is 0 Å². The van der Waals surface area contributed by atoms with Crippen LogP contribution in [0.2, 0.25) is 0 Å². The summed E-state index contributed by atoms with van der Waals surface area (Å²) in [5, 5.41) is 20.2. The van der Waals surface area contributed by atoms with E-state index < -0.39 is 5.91 Å². The Labute approximate surface area is 105 Å². The summed E-state index contributed by atoms with van der Waals surface area (Å²) in [4.78, 5) is 19.3. The van der Waals surface area contributed by atoms with Crippen LogP contribution in [0.1, 0.15) is 10.5 Å². The number of H-pyrrole nitrogens is 1. The Morgan fingerprint density at radius 1 is 1.26 bits per heavy atom. The fourth-order valence-electron chi connectivity index (χ4n) is 1.33. The molecule has 0 saturated carbocycles. The van der Waals surface area contributed by atoms with Crippen LogP contribution in [0.5, 0.6) is 0 Å². The molecule has 19 heavy (non-hydrogen) atoms. The molecule has 2 N–H and O–H groups in total. The first-order valence-electron chi connectivity index (χ1n) is 5.18. The summed E-state index contributed by atoms with van der Waals surface area (Å²) < 4.78 is 1.44. The fraction of sp³-hybridized carbons (Fsp3) is 0. The lowest BCUT2D eigenvalue weighted by Crippen LogP contribution is -2.16. The predicted octanol–water partition coefficient (Wildman–Crippen LogP) is -0.572. The van der Waals surface area contributed by atoms with Gasteiger partial charge in [0.05, 0.1) is 0 Å². The number of amides is 1. The third-order valence-electron chi connectivity index (χ3n) is 2.18. The Morgan fingerprint density at radius 2 is 2.21 bits per heavy atom. The Bertz CT molecular complexity index is 658. The third-order valence-corrected chi connectivity index (χ3v) is 2.18. The van der Waals surface area contributed by atoms with Crippen LogP contribution in [0, 0.1) is 0 Å². The number of hydrogen-bond acceptors (Lipinski definition) is 7. The average Bonchev–Trinajstić information content (AvgIpc) is 3.12. The van der Waals surface area contributed by atoms with Gasteiger partial charge in [-0.15, -0.1) is 10.2 Å². The molecular formula is C9H7N9O. The topological polar surface area (TPSA) is 127 Å². The van der Waals surface area contributed by atoms with Gasteiger partial charge in [-0.1, -0.05) is 0 Å². The molecule has 0 aliphatic rings. The number of carbonyl (C=O) groups excluding carboxylic acids is 1. The van der Waals surface area contributed by atoms with E-state index in [-0.39, 0.29) is 11.6 Å². The number of anilines is 1. The second-order valence-electron chi connectivity index (χ2n) is 3.41. The molecule has 3 aromatic rings. The van der Waals surface area contributed by atoms with E-state index in [9.17, 15) is 4.79 Å². The minimum Gasteiger partial charge on any atom is -0.289 e. The van der Waals surface area contributed by atoms with Crippen molar-refractivity contribution < 1.29 is 4.79 Å². The van der Waals surface area contributed by atoms with Crippen molar-refractivity contribution in [1.82, 2.24) is 40.1 Å². The van der Waals surface area contributed by atoms with Crippen molar-refractivity contribution in [1.29, 1.82) is 0 Å². The highest BCUT2D eigenvalue weighted by Gasteiger charge is 2.10. The van der Waals surface area contributed by atoms with Crippen LogP contribution in [0.4, 0.5) is 5.95 Å². The zero-order chi connectivity index (χ0) is 13.1. The first-order valence-corrected chi connectivity index (χ1v) is 5.18. The van der Waals surface area contributed by atoms with Crippen LogP contribution in [0.3, 0.4) is 0 Å². The molecule has 1 amide bonds. The fourth-order valence-corrected chi connectivity index (χ4v) is 1.33. The van der Waals surface area contributed by atoms with Crippen molar-refractivity contribution in [2.24, 2.45) is 0 Å². The molecule has 3 rings (SSSR count). The van der Waals surface area contributed by atoms with Crippen LogP contribution in [-0.4, -0.2) is 46.1 Å². The minimum atomic E-state index is -0.436. The monoisotopic (exact) mass is 257 g/mol. The number of hydrogen-bond donors (Lipinski definition) is 2. The van der Waals surface area contributed by atoms with Crippen LogP contribution in [0.15, 0.2) is 31.1 Å². The Balaban J connectivity index is 1.77. The molecular weight excluding hydrogens is 250 g/mol. The van der Waals surface area contributed by atoms with Crippen molar-refractivity contribution in [2.75, 3.05) is 5.32 Å². The van der Waals surface area contributed by atoms with Gasteiger partial charge >= 0.3 is 0 Å². The highest BCUT2D eigenvalue weighted by atomic mass is 16.2. The first kappa shape index (κ1) is 11.0. The molecule has 3 heterocycles. The zero-order valence-corrected chi connectivity index (χ0v) is 9.43. The number of rotatable bonds is 3. The standard InChI is InChI=1S/C9H7N9O/c19-8(14-9-11-4-12-17-9)6-1-2-7(16-15-6)18-5-10-3-13-18/h1-5H,(H2,11,12,14,17,19). The molecule has 0 aliphatic carbocycles. The summed E-state index contributed by atoms with van der Waals surface area (Å²) in [6.07, 6.45) is 4.15. The Kier molecular flexibility index (Phi) is 2.65. The molecule has 0 radical (unpaired) electrons. The van der Waals surface area contributed by atoms with E-state index in [0.717, 1.165) is 0 Å². The molecule has 0 aromatic carbocycles. The van der Waals surface area contributed by atoms with Gasteiger partial charge < -0.3 is 0 Å². The maximum Gasteiger partial charge on any atom is 0.278 e. The molecule has 0 unspecified atom stereocenters. The van der Waals surface area contributed by atoms with Gasteiger partial charge in [0.1, 0.15) is 19.0 Å². The number of nitrogens with one attached hydrogen (secondary N) is 2. The number of nitrogens with zero attached hydrogens (tertiary/aromatic N) is 7. The van der Waals surface area contributed by atoms with E-state index in [2.05, 4.69) is 40.8 Å². The van der Waals surface area contributed by atoms with Crippen molar-refractivity contribution in [3.05, 3.63) is 36.8 Å². The van der Waals surface area contributed by atoms with Gasteiger partial charge in [-0.05, 0) is 12.1 Å². The molecule has 10 heteroatoms. The van der Waals surface area contributed by atoms with Gasteiger partial charge in [0.15, 0.2) is 11.5 Å². The number of carbonyl (C=O) groups is 1. The van der Waals surface area contributed by atoms with Crippen molar-refractivity contribution in [3.8, 4) is 5.82 Å². The van der Waals surface area contributed by atoms with E-state index in [1.165, 1.54) is 29.7 Å². The largest absolute Gasteiger partial charge is 0.289 e. The summed E-state index contributed by atoms with van der Waals surface area (Å²) in [6, 6.07) is 3.13. The van der Waals surface area contributed by atoms with Crippen molar-refractivity contribution >= 4 is 11.9 Å². The van der Waals surface area contributed by atoms with E-state index in [0.29, 0.717) is 5.82 Å². The molecule has 3 aromatic heterocycles. The van der Waals surface area contributed by atoms with Crippen LogP contribution in [-0.2, 0) is 0 Å². The molecule has 0 saturated heterocycles. The first-order chi connectivity index (χ1) is 9.33. The lowest BCUT2D eigenvalue weighted by atomic mass is 10.3. The van der Waals surface area contributed by atoms with E-state index in [1.807, 2.05) is 0 Å². The van der Waals surface area contributed by atoms with Crippen LogP contribution >= 0.6 is 0 Å². The molecule has 0 aliphatic heterocycles. The smallest absolute Gasteiger partial charge is 0.278 e. The highest BCUT2D eigenvalue weighted by Crippen LogP contribution is 2.03. The highest BCUT2D eigenvalue weighted by molar-refractivity contribution is 6.01. The summed E-state index contributed by atoms with van der Waals surface area (Å²) in [6.45, 7) is 0. The van der Waals surface area contributed by atoms with Crippen LogP contribution in [0.25, 0.3) is 5.82 Å². The van der Waals surface area contributed by atoms with Gasteiger partial charge in [-0.25, -0.2) is 14.8 Å². The van der Waals surface area contributed by atoms with E-state index in [1.54, 1.807) is 6.07 Å². The van der Waals surface area contributed by atoms with Gasteiger partial charge in [0.25, 0.3) is 5.91 Å². The Morgan fingerprint density at radius 3 is 2.84 bits per heavy atom. The van der Waals surface area contributed by atoms with Crippen molar-refractivity contribution in [2.45, 2.75) is 0 Å². The summed E-state index contributed by atoms with van der Waals surface area (Å²) >= 11 is 0. The second kappa shape index (κ2) is 4.60. The van der Waals surface area contributed by atoms with Gasteiger partial charge in [-0.3, -0.25) is 10.1 Å². The molecule has 0 atom stereocenters. The van der Waals surface area contributed by atoms with Crippen molar-refractivity contribution in [3.63, 3.8) is 0 Å². The number of aromatic amines is 1. The Hall–Kier alpha value is -3.17. The maximum atomic E-state index is 11.8. The van der Waals surface area contributed by atoms with E-state index in [4.69, 9.17) is 0 Å². The van der Waals surface area contributed by atoms with Crippen LogP contribution < -0.4 is 5.32 Å². The molecule has 0 bridgehead atoms. The lowest BCUT2D eigenvalue weighted by molar-refractivity contribution is 0.102. The third kappa shape index (κ3) is 2.26. The normalized spacial score (nSPS) is 10.3. The second-order valence-corrected chi connectivity index (χ2v) is 3.41.